The van der Waals surface area contributed by atoms with Gasteiger partial charge >= 0.3 is 0 Å². The van der Waals surface area contributed by atoms with Crippen LogP contribution in [-0.4, -0.2) is 52.6 Å². The van der Waals surface area contributed by atoms with Crippen molar-refractivity contribution in [2.75, 3.05) is 41.6 Å². The number of fused-ring (bicyclic) bond motifs is 3. The van der Waals surface area contributed by atoms with Crippen molar-refractivity contribution in [1.29, 1.82) is 0 Å². The van der Waals surface area contributed by atoms with Crippen molar-refractivity contribution in [3.63, 3.8) is 0 Å². The Labute approximate surface area is 188 Å². The highest BCUT2D eigenvalue weighted by Crippen LogP contribution is 2.41. The number of ether oxygens (including phenoxy) is 4. The molecule has 7 heteroatoms. The van der Waals surface area contributed by atoms with E-state index in [0.717, 1.165) is 47.2 Å². The van der Waals surface area contributed by atoms with E-state index >= 15 is 0 Å². The highest BCUT2D eigenvalue weighted by Gasteiger charge is 2.18. The quantitative estimate of drug-likeness (QED) is 0.341. The number of rotatable bonds is 11. The van der Waals surface area contributed by atoms with Crippen LogP contribution in [0.4, 0.5) is 0 Å². The van der Waals surface area contributed by atoms with Crippen molar-refractivity contribution >= 4 is 27.5 Å². The van der Waals surface area contributed by atoms with Gasteiger partial charge in [0.1, 0.15) is 0 Å². The summed E-state index contributed by atoms with van der Waals surface area (Å²) in [4.78, 5) is 13.1. The lowest BCUT2D eigenvalue weighted by Crippen LogP contribution is -2.24. The molecule has 2 N–H and O–H groups in total. The molecule has 0 atom stereocenters. The van der Waals surface area contributed by atoms with Crippen molar-refractivity contribution in [1.82, 2.24) is 5.32 Å². The number of benzene rings is 3. The number of amides is 1. The highest BCUT2D eigenvalue weighted by molar-refractivity contribution is 6.18. The van der Waals surface area contributed by atoms with Gasteiger partial charge in [-0.1, -0.05) is 12.8 Å². The predicted octanol–water partition coefficient (Wildman–Crippen LogP) is 4.31. The second-order valence-corrected chi connectivity index (χ2v) is 7.50. The largest absolute Gasteiger partial charge is 0.493 e. The lowest BCUT2D eigenvalue weighted by atomic mass is 9.95. The molecule has 0 aliphatic heterocycles. The summed E-state index contributed by atoms with van der Waals surface area (Å²) >= 11 is 0. The van der Waals surface area contributed by atoms with Gasteiger partial charge in [0, 0.05) is 18.7 Å². The molecule has 0 heterocycles. The first-order valence-electron chi connectivity index (χ1n) is 10.7. The number of aliphatic hydroxyl groups excluding tert-OH is 1. The van der Waals surface area contributed by atoms with Crippen LogP contribution >= 0.6 is 0 Å². The van der Waals surface area contributed by atoms with Gasteiger partial charge in [-0.05, 0) is 64.7 Å². The molecule has 0 aromatic heterocycles. The van der Waals surface area contributed by atoms with Crippen molar-refractivity contribution in [2.24, 2.45) is 0 Å². The molecule has 0 saturated carbocycles. The van der Waals surface area contributed by atoms with Crippen molar-refractivity contribution < 1.29 is 28.8 Å². The molecule has 32 heavy (non-hydrogen) atoms. The minimum Gasteiger partial charge on any atom is -0.493 e. The van der Waals surface area contributed by atoms with Gasteiger partial charge in [0.2, 0.25) is 0 Å². The van der Waals surface area contributed by atoms with Gasteiger partial charge in [0.25, 0.3) is 5.91 Å². The van der Waals surface area contributed by atoms with Gasteiger partial charge < -0.3 is 29.4 Å². The Morgan fingerprint density at radius 3 is 1.84 bits per heavy atom. The summed E-state index contributed by atoms with van der Waals surface area (Å²) in [6, 6.07) is 9.36. The zero-order valence-electron chi connectivity index (χ0n) is 19.1. The van der Waals surface area contributed by atoms with E-state index in [1.165, 1.54) is 0 Å². The summed E-state index contributed by atoms with van der Waals surface area (Å²) in [5, 5.41) is 15.3. The van der Waals surface area contributed by atoms with Crippen LogP contribution in [0.25, 0.3) is 21.5 Å². The van der Waals surface area contributed by atoms with E-state index in [2.05, 4.69) is 5.32 Å². The van der Waals surface area contributed by atoms with Gasteiger partial charge in [-0.2, -0.15) is 0 Å². The average molecular weight is 442 g/mol. The maximum absolute atomic E-state index is 13.1. The van der Waals surface area contributed by atoms with E-state index in [9.17, 15) is 4.79 Å². The Morgan fingerprint density at radius 1 is 0.719 bits per heavy atom. The molecule has 172 valence electrons. The molecule has 1 amide bonds. The van der Waals surface area contributed by atoms with E-state index in [4.69, 9.17) is 24.1 Å². The number of carbonyl (C=O) groups excluding carboxylic acids is 1. The maximum atomic E-state index is 13.1. The fraction of sp³-hybridized carbons (Fsp3) is 0.400. The van der Waals surface area contributed by atoms with Crippen LogP contribution in [0, 0.1) is 0 Å². The fourth-order valence-electron chi connectivity index (χ4n) is 3.88. The molecule has 3 rings (SSSR count). The molecule has 0 fully saturated rings. The monoisotopic (exact) mass is 441 g/mol. The van der Waals surface area contributed by atoms with E-state index < -0.39 is 0 Å². The van der Waals surface area contributed by atoms with Crippen LogP contribution in [0.2, 0.25) is 0 Å². The molecular formula is C25H31NO6. The van der Waals surface area contributed by atoms with Crippen molar-refractivity contribution in [3.8, 4) is 23.0 Å². The van der Waals surface area contributed by atoms with Gasteiger partial charge in [-0.15, -0.1) is 0 Å². The van der Waals surface area contributed by atoms with Crippen LogP contribution in [0.15, 0.2) is 30.3 Å². The summed E-state index contributed by atoms with van der Waals surface area (Å²) in [7, 11) is 6.34. The SMILES string of the molecule is COc1cc2cc(C(=O)NCCCCCCO)c3cc(OC)c(OC)cc3c2cc1OC. The van der Waals surface area contributed by atoms with Crippen LogP contribution in [0.5, 0.6) is 23.0 Å². The predicted molar refractivity (Wildman–Crippen MR) is 126 cm³/mol. The van der Waals surface area contributed by atoms with Crippen molar-refractivity contribution in [3.05, 3.63) is 35.9 Å². The third-order valence-electron chi connectivity index (χ3n) is 5.57. The molecule has 0 saturated heterocycles. The lowest BCUT2D eigenvalue weighted by Gasteiger charge is -2.16. The molecule has 0 spiro atoms. The summed E-state index contributed by atoms with van der Waals surface area (Å²) in [5.41, 5.74) is 0.552. The second kappa shape index (κ2) is 10.9. The molecule has 3 aromatic carbocycles. The first kappa shape index (κ1) is 23.5. The summed E-state index contributed by atoms with van der Waals surface area (Å²) in [6.45, 7) is 0.776. The number of nitrogens with one attached hydrogen (secondary N) is 1. The van der Waals surface area contributed by atoms with E-state index in [1.807, 2.05) is 30.3 Å². The number of unbranched alkanes of at least 4 members (excludes halogenated alkanes) is 3. The molecule has 3 aromatic rings. The van der Waals surface area contributed by atoms with E-state index in [0.29, 0.717) is 35.1 Å². The molecule has 0 unspecified atom stereocenters. The first-order valence-corrected chi connectivity index (χ1v) is 10.7. The smallest absolute Gasteiger partial charge is 0.251 e. The molecular weight excluding hydrogens is 410 g/mol. The van der Waals surface area contributed by atoms with Crippen LogP contribution in [-0.2, 0) is 0 Å². The zero-order valence-corrected chi connectivity index (χ0v) is 19.1. The molecule has 0 bridgehead atoms. The first-order chi connectivity index (χ1) is 15.6. The number of aliphatic hydroxyl groups is 1. The molecule has 0 aliphatic carbocycles. The Morgan fingerprint density at radius 2 is 1.25 bits per heavy atom. The Kier molecular flexibility index (Phi) is 8.00. The molecule has 0 radical (unpaired) electrons. The number of methoxy groups -OCH3 is 4. The van der Waals surface area contributed by atoms with E-state index in [-0.39, 0.29) is 12.5 Å². The van der Waals surface area contributed by atoms with Crippen molar-refractivity contribution in [2.45, 2.75) is 25.7 Å². The number of hydrogen-bond acceptors (Lipinski definition) is 6. The lowest BCUT2D eigenvalue weighted by molar-refractivity contribution is 0.0954. The standard InChI is InChI=1S/C25H31NO6/c1-29-21-12-16-11-20(25(28)26-9-7-5-6-8-10-27)19-15-24(32-4)23(31-3)14-18(19)17(16)13-22(21)30-2/h11-15,27H,5-10H2,1-4H3,(H,26,28). The van der Waals surface area contributed by atoms with Crippen LogP contribution < -0.4 is 24.3 Å². The third kappa shape index (κ3) is 4.83. The Hall–Kier alpha value is -3.19. The summed E-state index contributed by atoms with van der Waals surface area (Å²) in [6.07, 6.45) is 3.56. The Balaban J connectivity index is 2.10. The van der Waals surface area contributed by atoms with Gasteiger partial charge in [-0.25, -0.2) is 0 Å². The number of hydrogen-bond donors (Lipinski definition) is 2. The Bertz CT molecular complexity index is 1100. The minimum atomic E-state index is -0.152. The fourth-order valence-corrected chi connectivity index (χ4v) is 3.88. The minimum absolute atomic E-state index is 0.152. The normalized spacial score (nSPS) is 10.9. The van der Waals surface area contributed by atoms with E-state index in [1.54, 1.807) is 28.4 Å². The van der Waals surface area contributed by atoms with Crippen LogP contribution in [0.3, 0.4) is 0 Å². The summed E-state index contributed by atoms with van der Waals surface area (Å²) in [5.74, 6) is 2.18. The average Bonchev–Trinajstić information content (AvgIpc) is 2.83. The second-order valence-electron chi connectivity index (χ2n) is 7.50. The van der Waals surface area contributed by atoms with Gasteiger partial charge in [0.05, 0.1) is 28.4 Å². The molecule has 7 nitrogen and oxygen atoms in total. The topological polar surface area (TPSA) is 86.3 Å². The number of carbonyl (C=O) groups is 1. The maximum Gasteiger partial charge on any atom is 0.251 e. The van der Waals surface area contributed by atoms with Gasteiger partial charge in [0.15, 0.2) is 23.0 Å². The zero-order chi connectivity index (χ0) is 23.1. The highest BCUT2D eigenvalue weighted by atomic mass is 16.5. The van der Waals surface area contributed by atoms with Crippen LogP contribution in [0.1, 0.15) is 36.0 Å². The van der Waals surface area contributed by atoms with Gasteiger partial charge in [-0.3, -0.25) is 4.79 Å². The third-order valence-corrected chi connectivity index (χ3v) is 5.57. The summed E-state index contributed by atoms with van der Waals surface area (Å²) < 4.78 is 21.9. The molecule has 0 aliphatic rings.